The maximum atomic E-state index is 5.52. The van der Waals surface area contributed by atoms with Crippen molar-refractivity contribution in [2.24, 2.45) is 0 Å². The van der Waals surface area contributed by atoms with Crippen molar-refractivity contribution in [3.63, 3.8) is 0 Å². The van der Waals surface area contributed by atoms with Gasteiger partial charge in [0.2, 0.25) is 6.71 Å². The second kappa shape index (κ2) is 20.1. The van der Waals surface area contributed by atoms with Crippen molar-refractivity contribution in [1.82, 2.24) is 4.98 Å². The van der Waals surface area contributed by atoms with Crippen LogP contribution in [0.5, 0.6) is 0 Å². The van der Waals surface area contributed by atoms with Crippen LogP contribution in [0.2, 0.25) is 0 Å². The van der Waals surface area contributed by atoms with Gasteiger partial charge in [0.05, 0.1) is 11.4 Å². The smallest absolute Gasteiger partial charge is 0.247 e. The normalized spacial score (nSPS) is 12.1. The van der Waals surface area contributed by atoms with Crippen LogP contribution in [0.15, 0.2) is 230 Å². The number of para-hydroxylation sites is 6. The maximum Gasteiger partial charge on any atom is 0.247 e. The molecular formula is C66H59BN4S. The molecule has 1 aliphatic heterocycles. The average molecular weight is 951 g/mol. The zero-order valence-corrected chi connectivity index (χ0v) is 42.8. The van der Waals surface area contributed by atoms with Crippen LogP contribution in [-0.2, 0) is 0 Å². The lowest BCUT2D eigenvalue weighted by Gasteiger charge is -2.40. The Kier molecular flexibility index (Phi) is 12.9. The first-order valence-electron chi connectivity index (χ1n) is 25.4. The van der Waals surface area contributed by atoms with E-state index in [2.05, 4.69) is 286 Å². The fourth-order valence-corrected chi connectivity index (χ4v) is 11.5. The molecule has 72 heavy (non-hydrogen) atoms. The first kappa shape index (κ1) is 46.5. The first-order valence-corrected chi connectivity index (χ1v) is 26.3. The third-order valence-corrected chi connectivity index (χ3v) is 15.0. The van der Waals surface area contributed by atoms with E-state index in [0.29, 0.717) is 17.8 Å². The zero-order chi connectivity index (χ0) is 49.3. The van der Waals surface area contributed by atoms with Crippen molar-refractivity contribution in [2.75, 3.05) is 14.7 Å². The van der Waals surface area contributed by atoms with E-state index >= 15 is 0 Å². The Morgan fingerprint density at radius 3 is 1.44 bits per heavy atom. The van der Waals surface area contributed by atoms with Gasteiger partial charge in [0.15, 0.2) is 0 Å². The number of nitrogens with zero attached hydrogens (tertiary/aromatic N) is 4. The molecule has 9 aromatic carbocycles. The molecule has 6 heteroatoms. The Morgan fingerprint density at radius 2 is 0.917 bits per heavy atom. The number of aromatic nitrogens is 1. The molecule has 0 amide bonds. The van der Waals surface area contributed by atoms with Crippen LogP contribution in [0.4, 0.5) is 51.2 Å². The van der Waals surface area contributed by atoms with E-state index in [1.54, 1.807) is 11.3 Å². The lowest BCUT2D eigenvalue weighted by molar-refractivity contribution is 0.812. The third kappa shape index (κ3) is 8.81. The Balaban J connectivity index is 1.13. The van der Waals surface area contributed by atoms with Crippen molar-refractivity contribution >= 4 is 85.6 Å². The van der Waals surface area contributed by atoms with Crippen LogP contribution in [0.25, 0.3) is 21.8 Å². The Hall–Kier alpha value is -7.93. The molecule has 1 aromatic heterocycles. The van der Waals surface area contributed by atoms with Gasteiger partial charge < -0.3 is 14.7 Å². The summed E-state index contributed by atoms with van der Waals surface area (Å²) in [5.74, 6) is 1.04. The molecular weight excluding hydrogens is 892 g/mol. The molecule has 352 valence electrons. The van der Waals surface area contributed by atoms with E-state index in [1.807, 2.05) is 0 Å². The van der Waals surface area contributed by atoms with Gasteiger partial charge in [-0.05, 0) is 136 Å². The minimum absolute atomic E-state index is 0.0317. The van der Waals surface area contributed by atoms with Crippen molar-refractivity contribution in [2.45, 2.75) is 59.3 Å². The van der Waals surface area contributed by atoms with E-state index in [-0.39, 0.29) is 6.71 Å². The van der Waals surface area contributed by atoms with Gasteiger partial charge in [0.1, 0.15) is 5.01 Å². The van der Waals surface area contributed by atoms with Gasteiger partial charge in [0.25, 0.3) is 0 Å². The molecule has 10 aromatic rings. The van der Waals surface area contributed by atoms with Gasteiger partial charge in [-0.3, -0.25) is 0 Å². The van der Waals surface area contributed by atoms with Gasteiger partial charge >= 0.3 is 0 Å². The minimum atomic E-state index is -0.0317. The molecule has 0 radical (unpaired) electrons. The molecule has 1 aliphatic rings. The summed E-state index contributed by atoms with van der Waals surface area (Å²) in [7, 11) is 0. The van der Waals surface area contributed by atoms with Gasteiger partial charge in [-0.15, -0.1) is 11.3 Å². The number of thiazole rings is 1. The molecule has 0 atom stereocenters. The van der Waals surface area contributed by atoms with Crippen molar-refractivity contribution in [1.29, 1.82) is 0 Å². The Bertz CT molecular complexity index is 3360. The predicted octanol–water partition coefficient (Wildman–Crippen LogP) is 17.1. The largest absolute Gasteiger partial charge is 0.311 e. The predicted molar refractivity (Wildman–Crippen MR) is 310 cm³/mol. The van der Waals surface area contributed by atoms with Crippen molar-refractivity contribution < 1.29 is 0 Å². The molecule has 0 saturated heterocycles. The standard InChI is InChI=1S/C66H59BN4S/c1-45(2)49-40-57(46(3)4)65(58(41-49)47(5)6)67-59-38-36-48(61-44-72-66(68-61)56-34-22-23-35-62(56)70(52-28-16-9-17-29-52)53-30-18-10-19-31-53)42-63(59)71(54-32-20-11-21-33-54)64-43-55(37-39-60(64)67)69(50-24-12-7-13-25-50)51-26-14-8-15-27-51/h7-47H,1-6H3. The highest BCUT2D eigenvalue weighted by Crippen LogP contribution is 2.45. The second-order valence-corrected chi connectivity index (χ2v) is 20.6. The Morgan fingerprint density at radius 1 is 0.444 bits per heavy atom. The van der Waals surface area contributed by atoms with Gasteiger partial charge in [-0.2, -0.15) is 0 Å². The summed E-state index contributed by atoms with van der Waals surface area (Å²) in [5, 5.41) is 3.21. The topological polar surface area (TPSA) is 22.6 Å². The van der Waals surface area contributed by atoms with Gasteiger partial charge in [0, 0.05) is 62.0 Å². The van der Waals surface area contributed by atoms with Crippen LogP contribution in [0, 0.1) is 0 Å². The van der Waals surface area contributed by atoms with E-state index in [9.17, 15) is 0 Å². The molecule has 0 N–H and O–H groups in total. The lowest BCUT2D eigenvalue weighted by Crippen LogP contribution is -2.59. The number of fused-ring (bicyclic) bond motifs is 2. The summed E-state index contributed by atoms with van der Waals surface area (Å²) >= 11 is 1.70. The molecule has 0 unspecified atom stereocenters. The summed E-state index contributed by atoms with van der Waals surface area (Å²) in [5.41, 5.74) is 21.4. The number of benzene rings is 9. The quantitative estimate of drug-likeness (QED) is 0.107. The SMILES string of the molecule is CC(C)c1cc(C(C)C)c(B2c3ccc(-c4csc(-c5ccccc5N(c5ccccc5)c5ccccc5)n4)cc3N(c3ccccc3)c3cc(N(c4ccccc4)c4ccccc4)ccc32)c(C(C)C)c1. The van der Waals surface area contributed by atoms with Crippen molar-refractivity contribution in [3.8, 4) is 21.8 Å². The monoisotopic (exact) mass is 950 g/mol. The summed E-state index contributed by atoms with van der Waals surface area (Å²) in [6.45, 7) is 14.1. The van der Waals surface area contributed by atoms with Gasteiger partial charge in [-0.1, -0.05) is 180 Å². The van der Waals surface area contributed by atoms with Crippen LogP contribution in [0.1, 0.15) is 76.0 Å². The fourth-order valence-electron chi connectivity index (χ4n) is 10.6. The summed E-state index contributed by atoms with van der Waals surface area (Å²) in [4.78, 5) is 12.7. The molecule has 11 rings (SSSR count). The van der Waals surface area contributed by atoms with Crippen LogP contribution < -0.4 is 31.1 Å². The highest BCUT2D eigenvalue weighted by atomic mass is 32.1. The molecule has 4 nitrogen and oxygen atoms in total. The maximum absolute atomic E-state index is 5.52. The number of hydrogen-bond donors (Lipinski definition) is 0. The highest BCUT2D eigenvalue weighted by molar-refractivity contribution is 7.13. The summed E-state index contributed by atoms with van der Waals surface area (Å²) in [6, 6.07) is 81.7. The molecule has 0 saturated carbocycles. The second-order valence-electron chi connectivity index (χ2n) is 19.8. The lowest BCUT2D eigenvalue weighted by atomic mass is 9.33. The van der Waals surface area contributed by atoms with Crippen LogP contribution in [0.3, 0.4) is 0 Å². The fraction of sp³-hybridized carbons (Fsp3) is 0.136. The molecule has 0 fully saturated rings. The minimum Gasteiger partial charge on any atom is -0.311 e. The number of hydrogen-bond acceptors (Lipinski definition) is 5. The van der Waals surface area contributed by atoms with Gasteiger partial charge in [-0.25, -0.2) is 4.98 Å². The number of rotatable bonds is 13. The van der Waals surface area contributed by atoms with Crippen LogP contribution in [-0.4, -0.2) is 11.7 Å². The zero-order valence-electron chi connectivity index (χ0n) is 41.9. The first-order chi connectivity index (χ1) is 35.2. The average Bonchev–Trinajstić information content (AvgIpc) is 3.92. The number of anilines is 9. The molecule has 0 bridgehead atoms. The molecule has 0 spiro atoms. The Labute approximate surface area is 430 Å². The van der Waals surface area contributed by atoms with E-state index in [0.717, 1.165) is 73.0 Å². The molecule has 2 heterocycles. The van der Waals surface area contributed by atoms with E-state index < -0.39 is 0 Å². The van der Waals surface area contributed by atoms with E-state index in [4.69, 9.17) is 4.98 Å². The van der Waals surface area contributed by atoms with Crippen LogP contribution >= 0.6 is 11.3 Å². The summed E-state index contributed by atoms with van der Waals surface area (Å²) in [6.07, 6.45) is 0. The highest BCUT2D eigenvalue weighted by Gasteiger charge is 2.39. The molecule has 0 aliphatic carbocycles. The summed E-state index contributed by atoms with van der Waals surface area (Å²) < 4.78 is 0. The van der Waals surface area contributed by atoms with Crippen molar-refractivity contribution in [3.05, 3.63) is 247 Å². The van der Waals surface area contributed by atoms with E-state index in [1.165, 1.54) is 33.1 Å². The third-order valence-electron chi connectivity index (χ3n) is 14.1.